The number of amidine groups is 1. The Morgan fingerprint density at radius 3 is 2.68 bits per heavy atom. The van der Waals surface area contributed by atoms with Gasteiger partial charge in [0.25, 0.3) is 5.91 Å². The number of benzene rings is 2. The number of sulfonamides is 1. The Hall–Kier alpha value is -3.59. The molecular formula is C27H32N6O6S2. The number of ether oxygens (including phenoxy) is 1. The van der Waals surface area contributed by atoms with Gasteiger partial charge in [-0.3, -0.25) is 9.59 Å². The number of nitrogens with two attached hydrogens (primary N) is 1. The molecule has 2 aliphatic rings. The zero-order valence-corrected chi connectivity index (χ0v) is 24.4. The molecular weight excluding hydrogens is 568 g/mol. The molecule has 1 amide bonds. The molecule has 218 valence electrons. The first-order valence-electron chi connectivity index (χ1n) is 13.3. The quantitative estimate of drug-likeness (QED) is 0.136. The first kappa shape index (κ1) is 28.9. The fourth-order valence-corrected chi connectivity index (χ4v) is 7.84. The van der Waals surface area contributed by atoms with Gasteiger partial charge in [-0.1, -0.05) is 23.4 Å². The van der Waals surface area contributed by atoms with E-state index in [0.717, 1.165) is 35.5 Å². The van der Waals surface area contributed by atoms with Gasteiger partial charge in [-0.25, -0.2) is 13.4 Å². The lowest BCUT2D eigenvalue weighted by molar-refractivity contribution is -0.144. The molecule has 1 aromatic heterocycles. The van der Waals surface area contributed by atoms with E-state index in [4.69, 9.17) is 15.7 Å². The Bertz CT molecular complexity index is 1620. The molecule has 0 bridgehead atoms. The Morgan fingerprint density at radius 2 is 1.93 bits per heavy atom. The summed E-state index contributed by atoms with van der Waals surface area (Å²) in [6.07, 6.45) is 0.636. The molecule has 0 radical (unpaired) electrons. The molecule has 41 heavy (non-hydrogen) atoms. The fraction of sp³-hybridized carbons (Fsp3) is 0.407. The van der Waals surface area contributed by atoms with Crippen molar-refractivity contribution in [2.45, 2.75) is 37.2 Å². The monoisotopic (exact) mass is 600 g/mol. The second-order valence-electron chi connectivity index (χ2n) is 10.1. The summed E-state index contributed by atoms with van der Waals surface area (Å²) in [6.45, 7) is 3.61. The van der Waals surface area contributed by atoms with Gasteiger partial charge in [0.1, 0.15) is 0 Å². The molecule has 3 aromatic rings. The van der Waals surface area contributed by atoms with Gasteiger partial charge in [-0.05, 0) is 42.9 Å². The van der Waals surface area contributed by atoms with Crippen molar-refractivity contribution < 1.29 is 28.0 Å². The van der Waals surface area contributed by atoms with Crippen LogP contribution in [-0.4, -0.2) is 96.3 Å². The molecule has 0 spiro atoms. The lowest BCUT2D eigenvalue weighted by Crippen LogP contribution is -2.57. The van der Waals surface area contributed by atoms with Gasteiger partial charge in [0.05, 0.1) is 29.7 Å². The van der Waals surface area contributed by atoms with Crippen LogP contribution in [0.1, 0.15) is 39.3 Å². The second-order valence-corrected chi connectivity index (χ2v) is 13.1. The number of esters is 1. The third-order valence-corrected chi connectivity index (χ3v) is 10.3. The van der Waals surface area contributed by atoms with E-state index < -0.39 is 22.0 Å². The van der Waals surface area contributed by atoms with E-state index in [1.165, 1.54) is 21.7 Å². The number of hydrogen-bond donors (Lipinski definition) is 2. The van der Waals surface area contributed by atoms with Crippen LogP contribution in [0.15, 0.2) is 46.4 Å². The molecule has 3 heterocycles. The summed E-state index contributed by atoms with van der Waals surface area (Å²) in [5.74, 6) is -0.846. The largest absolute Gasteiger partial charge is 0.466 e. The zero-order chi connectivity index (χ0) is 29.3. The molecule has 1 atom stereocenters. The normalized spacial score (nSPS) is 18.8. The number of rotatable bonds is 7. The molecule has 2 aliphatic heterocycles. The number of fused-ring (bicyclic) bond motifs is 2. The van der Waals surface area contributed by atoms with Gasteiger partial charge in [-0.2, -0.15) is 4.31 Å². The predicted octanol–water partition coefficient (Wildman–Crippen LogP) is 1.85. The van der Waals surface area contributed by atoms with E-state index in [-0.39, 0.29) is 49.3 Å². The van der Waals surface area contributed by atoms with E-state index >= 15 is 0 Å². The van der Waals surface area contributed by atoms with Crippen LogP contribution in [0.4, 0.5) is 0 Å². The van der Waals surface area contributed by atoms with Crippen molar-refractivity contribution in [1.29, 1.82) is 0 Å². The zero-order valence-electron chi connectivity index (χ0n) is 22.8. The first-order valence-corrected chi connectivity index (χ1v) is 15.5. The number of carbonyl (C=O) groups is 2. The molecule has 5 rings (SSSR count). The first-order chi connectivity index (χ1) is 19.6. The topological polar surface area (TPSA) is 159 Å². The van der Waals surface area contributed by atoms with Crippen LogP contribution < -0.4 is 5.73 Å². The Balaban J connectivity index is 1.40. The SMILES string of the molecule is CCOC(=O)CC1CN(S(=O)(=O)c2ccc3cc(C(N)=NO)ccc3c2)CCN1C(=O)c1nc2c(s1)CN(C)CC2. The van der Waals surface area contributed by atoms with E-state index in [2.05, 4.69) is 15.0 Å². The highest BCUT2D eigenvalue weighted by molar-refractivity contribution is 7.89. The standard InChI is InChI=1S/C27H32N6O6S2/c1-3-39-24(34)14-20-15-32(10-11-33(20)27(35)26-29-22-8-9-31(2)16-23(22)40-26)41(37,38)21-7-6-17-12-19(25(28)30-36)5-4-18(17)13-21/h4-7,12-13,20,36H,3,8-11,14-16H2,1-2H3,(H2,28,30). The Labute approximate surface area is 242 Å². The van der Waals surface area contributed by atoms with Gasteiger partial charge in [0, 0.05) is 49.6 Å². The number of aromatic nitrogens is 1. The molecule has 12 nitrogen and oxygen atoms in total. The average Bonchev–Trinajstić information content (AvgIpc) is 3.39. The summed E-state index contributed by atoms with van der Waals surface area (Å²) in [4.78, 5) is 35.6. The highest BCUT2D eigenvalue weighted by atomic mass is 32.2. The minimum absolute atomic E-state index is 0.0473. The van der Waals surface area contributed by atoms with Crippen molar-refractivity contribution in [3.8, 4) is 0 Å². The third kappa shape index (κ3) is 5.91. The van der Waals surface area contributed by atoms with Crippen molar-refractivity contribution in [1.82, 2.24) is 19.1 Å². The average molecular weight is 601 g/mol. The minimum Gasteiger partial charge on any atom is -0.466 e. The molecule has 0 saturated carbocycles. The number of nitrogens with zero attached hydrogens (tertiary/aromatic N) is 5. The number of oxime groups is 1. The van der Waals surface area contributed by atoms with E-state index in [0.29, 0.717) is 16.0 Å². The molecule has 0 aliphatic carbocycles. The smallest absolute Gasteiger partial charge is 0.307 e. The number of amides is 1. The van der Waals surface area contributed by atoms with Crippen molar-refractivity contribution >= 4 is 49.8 Å². The van der Waals surface area contributed by atoms with Crippen LogP contribution in [0.25, 0.3) is 10.8 Å². The maximum absolute atomic E-state index is 13.7. The Kier molecular flexibility index (Phi) is 8.27. The molecule has 1 fully saturated rings. The molecule has 14 heteroatoms. The molecule has 3 N–H and O–H groups in total. The summed E-state index contributed by atoms with van der Waals surface area (Å²) in [5.41, 5.74) is 7.11. The second kappa shape index (κ2) is 11.7. The lowest BCUT2D eigenvalue weighted by Gasteiger charge is -2.40. The van der Waals surface area contributed by atoms with Gasteiger partial charge >= 0.3 is 5.97 Å². The van der Waals surface area contributed by atoms with Crippen molar-refractivity contribution in [2.24, 2.45) is 10.9 Å². The highest BCUT2D eigenvalue weighted by Gasteiger charge is 2.39. The number of hydrogen-bond acceptors (Lipinski definition) is 10. The van der Waals surface area contributed by atoms with Crippen LogP contribution in [0.3, 0.4) is 0 Å². The Morgan fingerprint density at radius 1 is 1.17 bits per heavy atom. The van der Waals surface area contributed by atoms with E-state index in [1.54, 1.807) is 42.2 Å². The van der Waals surface area contributed by atoms with Gasteiger partial charge in [0.2, 0.25) is 10.0 Å². The van der Waals surface area contributed by atoms with Crippen molar-refractivity contribution in [2.75, 3.05) is 39.8 Å². The fourth-order valence-electron chi connectivity index (χ4n) is 5.19. The highest BCUT2D eigenvalue weighted by Crippen LogP contribution is 2.29. The summed E-state index contributed by atoms with van der Waals surface area (Å²) in [6, 6.07) is 9.06. The number of carbonyl (C=O) groups excluding carboxylic acids is 2. The molecule has 2 aromatic carbocycles. The number of thiazole rings is 1. The summed E-state index contributed by atoms with van der Waals surface area (Å²) in [7, 11) is -1.93. The maximum atomic E-state index is 13.7. The molecule has 1 unspecified atom stereocenters. The summed E-state index contributed by atoms with van der Waals surface area (Å²) in [5, 5.41) is 13.7. The third-order valence-electron chi connectivity index (χ3n) is 7.37. The van der Waals surface area contributed by atoms with Crippen molar-refractivity contribution in [3.63, 3.8) is 0 Å². The summed E-state index contributed by atoms with van der Waals surface area (Å²) < 4.78 is 33.9. The van der Waals surface area contributed by atoms with Crippen LogP contribution in [0, 0.1) is 0 Å². The van der Waals surface area contributed by atoms with Crippen LogP contribution in [0.5, 0.6) is 0 Å². The minimum atomic E-state index is -3.95. The maximum Gasteiger partial charge on any atom is 0.307 e. The predicted molar refractivity (Wildman–Crippen MR) is 153 cm³/mol. The van der Waals surface area contributed by atoms with Crippen LogP contribution >= 0.6 is 11.3 Å². The number of piperazine rings is 1. The van der Waals surface area contributed by atoms with E-state index in [1.807, 2.05) is 7.05 Å². The van der Waals surface area contributed by atoms with Gasteiger partial charge < -0.3 is 25.5 Å². The van der Waals surface area contributed by atoms with E-state index in [9.17, 15) is 18.0 Å². The number of likely N-dealkylation sites (N-methyl/N-ethyl adjacent to an activating group) is 1. The van der Waals surface area contributed by atoms with Gasteiger partial charge in [-0.15, -0.1) is 11.3 Å². The van der Waals surface area contributed by atoms with Crippen LogP contribution in [0.2, 0.25) is 0 Å². The van der Waals surface area contributed by atoms with Crippen molar-refractivity contribution in [3.05, 3.63) is 57.5 Å². The summed E-state index contributed by atoms with van der Waals surface area (Å²) >= 11 is 1.36. The molecule has 1 saturated heterocycles. The van der Waals surface area contributed by atoms with Gasteiger partial charge in [0.15, 0.2) is 10.8 Å². The lowest BCUT2D eigenvalue weighted by atomic mass is 10.1. The van der Waals surface area contributed by atoms with Crippen LogP contribution in [-0.2, 0) is 32.5 Å².